The van der Waals surface area contributed by atoms with Crippen molar-refractivity contribution >= 4 is 5.91 Å². The molecule has 0 saturated heterocycles. The molecule has 7 heteroatoms. The fourth-order valence-electron chi connectivity index (χ4n) is 3.27. The molecule has 0 saturated carbocycles. The number of amides is 1. The number of rotatable bonds is 6. The maximum atomic E-state index is 12.5. The molecule has 0 aliphatic heterocycles. The molecular weight excluding hydrogens is 340 g/mol. The van der Waals surface area contributed by atoms with Gasteiger partial charge in [0, 0.05) is 18.8 Å². The average molecular weight is 366 g/mol. The monoisotopic (exact) mass is 366 g/mol. The van der Waals surface area contributed by atoms with E-state index in [0.29, 0.717) is 12.2 Å². The summed E-state index contributed by atoms with van der Waals surface area (Å²) >= 11 is 0. The van der Waals surface area contributed by atoms with Crippen LogP contribution in [0.15, 0.2) is 24.3 Å². The van der Waals surface area contributed by atoms with Crippen LogP contribution in [-0.4, -0.2) is 37.2 Å². The molecule has 27 heavy (non-hydrogen) atoms. The SMILES string of the molecule is Cc1cc(C)cc(-n2nnc(C(=O)NCCCn3nc(C)cc3C)c2C)c1. The van der Waals surface area contributed by atoms with Crippen molar-refractivity contribution in [1.29, 1.82) is 0 Å². The van der Waals surface area contributed by atoms with Gasteiger partial charge in [0.05, 0.1) is 17.1 Å². The predicted molar refractivity (Wildman–Crippen MR) is 104 cm³/mol. The first kappa shape index (κ1) is 18.8. The summed E-state index contributed by atoms with van der Waals surface area (Å²) in [4.78, 5) is 12.5. The molecule has 142 valence electrons. The first-order valence-electron chi connectivity index (χ1n) is 9.15. The van der Waals surface area contributed by atoms with E-state index in [1.807, 2.05) is 57.5 Å². The molecule has 0 aliphatic rings. The van der Waals surface area contributed by atoms with Crippen molar-refractivity contribution < 1.29 is 4.79 Å². The zero-order chi connectivity index (χ0) is 19.6. The summed E-state index contributed by atoms with van der Waals surface area (Å²) in [6.07, 6.45) is 0.804. The minimum Gasteiger partial charge on any atom is -0.351 e. The van der Waals surface area contributed by atoms with Crippen LogP contribution in [0.1, 0.15) is 45.1 Å². The van der Waals surface area contributed by atoms with Gasteiger partial charge in [-0.15, -0.1) is 5.10 Å². The molecule has 1 N–H and O–H groups in total. The van der Waals surface area contributed by atoms with Gasteiger partial charge in [-0.25, -0.2) is 4.68 Å². The molecule has 0 aliphatic carbocycles. The second-order valence-electron chi connectivity index (χ2n) is 7.04. The van der Waals surface area contributed by atoms with E-state index in [0.717, 1.165) is 46.9 Å². The Morgan fingerprint density at radius 1 is 1.04 bits per heavy atom. The van der Waals surface area contributed by atoms with Crippen molar-refractivity contribution in [2.24, 2.45) is 0 Å². The van der Waals surface area contributed by atoms with Gasteiger partial charge in [0.15, 0.2) is 5.69 Å². The zero-order valence-corrected chi connectivity index (χ0v) is 16.6. The van der Waals surface area contributed by atoms with Crippen LogP contribution < -0.4 is 5.32 Å². The summed E-state index contributed by atoms with van der Waals surface area (Å²) in [5.74, 6) is -0.198. The molecule has 1 aromatic carbocycles. The van der Waals surface area contributed by atoms with Gasteiger partial charge >= 0.3 is 0 Å². The molecule has 0 atom stereocenters. The number of nitrogens with one attached hydrogen (secondary N) is 1. The number of benzene rings is 1. The minimum absolute atomic E-state index is 0.198. The summed E-state index contributed by atoms with van der Waals surface area (Å²) in [6.45, 7) is 11.3. The summed E-state index contributed by atoms with van der Waals surface area (Å²) in [7, 11) is 0. The van der Waals surface area contributed by atoms with Crippen LogP contribution in [0, 0.1) is 34.6 Å². The fourth-order valence-corrected chi connectivity index (χ4v) is 3.27. The maximum Gasteiger partial charge on any atom is 0.273 e. The smallest absolute Gasteiger partial charge is 0.273 e. The summed E-state index contributed by atoms with van der Waals surface area (Å²) in [5.41, 5.74) is 6.45. The van der Waals surface area contributed by atoms with Crippen LogP contribution in [0.2, 0.25) is 0 Å². The van der Waals surface area contributed by atoms with Gasteiger partial charge in [-0.1, -0.05) is 11.3 Å². The second kappa shape index (κ2) is 7.73. The van der Waals surface area contributed by atoms with Crippen LogP contribution >= 0.6 is 0 Å². The highest BCUT2D eigenvalue weighted by Gasteiger charge is 2.17. The fraction of sp³-hybridized carbons (Fsp3) is 0.400. The Kier molecular flexibility index (Phi) is 5.39. The number of carbonyl (C=O) groups excluding carboxylic acids is 1. The van der Waals surface area contributed by atoms with Crippen molar-refractivity contribution in [1.82, 2.24) is 30.1 Å². The van der Waals surface area contributed by atoms with Crippen LogP contribution in [0.5, 0.6) is 0 Å². The van der Waals surface area contributed by atoms with E-state index in [-0.39, 0.29) is 5.91 Å². The molecule has 7 nitrogen and oxygen atoms in total. The highest BCUT2D eigenvalue weighted by molar-refractivity contribution is 5.93. The number of carbonyl (C=O) groups is 1. The van der Waals surface area contributed by atoms with Crippen LogP contribution in [0.25, 0.3) is 5.69 Å². The third-order valence-electron chi connectivity index (χ3n) is 4.50. The van der Waals surface area contributed by atoms with Gasteiger partial charge in [-0.05, 0) is 70.4 Å². The second-order valence-corrected chi connectivity index (χ2v) is 7.04. The first-order valence-corrected chi connectivity index (χ1v) is 9.15. The minimum atomic E-state index is -0.198. The molecule has 0 unspecified atom stereocenters. The lowest BCUT2D eigenvalue weighted by Gasteiger charge is -2.07. The van der Waals surface area contributed by atoms with Gasteiger partial charge in [0.2, 0.25) is 0 Å². The van der Waals surface area contributed by atoms with E-state index in [4.69, 9.17) is 0 Å². The lowest BCUT2D eigenvalue weighted by molar-refractivity contribution is 0.0947. The molecule has 0 radical (unpaired) electrons. The van der Waals surface area contributed by atoms with Gasteiger partial charge < -0.3 is 5.32 Å². The first-order chi connectivity index (χ1) is 12.8. The molecule has 2 aromatic heterocycles. The predicted octanol–water partition coefficient (Wildman–Crippen LogP) is 2.83. The van der Waals surface area contributed by atoms with E-state index in [9.17, 15) is 4.79 Å². The molecule has 0 fully saturated rings. The van der Waals surface area contributed by atoms with Crippen LogP contribution in [0.3, 0.4) is 0 Å². The van der Waals surface area contributed by atoms with Gasteiger partial charge in [0.1, 0.15) is 0 Å². The van der Waals surface area contributed by atoms with Gasteiger partial charge in [-0.3, -0.25) is 9.48 Å². The van der Waals surface area contributed by atoms with Crippen molar-refractivity contribution in [3.63, 3.8) is 0 Å². The Morgan fingerprint density at radius 3 is 2.37 bits per heavy atom. The van der Waals surface area contributed by atoms with E-state index >= 15 is 0 Å². The highest BCUT2D eigenvalue weighted by atomic mass is 16.2. The Balaban J connectivity index is 1.62. The van der Waals surface area contributed by atoms with Crippen molar-refractivity contribution in [2.45, 2.75) is 47.6 Å². The summed E-state index contributed by atoms with van der Waals surface area (Å²) in [6, 6.07) is 8.22. The molecule has 0 spiro atoms. The van der Waals surface area contributed by atoms with E-state index in [1.165, 1.54) is 0 Å². The largest absolute Gasteiger partial charge is 0.351 e. The summed E-state index contributed by atoms with van der Waals surface area (Å²) < 4.78 is 3.67. The van der Waals surface area contributed by atoms with E-state index in [2.05, 4.69) is 26.8 Å². The Labute approximate surface area is 159 Å². The zero-order valence-electron chi connectivity index (χ0n) is 16.6. The van der Waals surface area contributed by atoms with Crippen molar-refractivity contribution in [3.8, 4) is 5.69 Å². The quantitative estimate of drug-likeness (QED) is 0.681. The maximum absolute atomic E-state index is 12.5. The van der Waals surface area contributed by atoms with Gasteiger partial charge in [0.25, 0.3) is 5.91 Å². The van der Waals surface area contributed by atoms with Crippen molar-refractivity contribution in [2.75, 3.05) is 6.54 Å². The number of aryl methyl sites for hydroxylation is 5. The Morgan fingerprint density at radius 2 is 1.74 bits per heavy atom. The molecule has 3 aromatic rings. The normalized spacial score (nSPS) is 11.0. The highest BCUT2D eigenvalue weighted by Crippen LogP contribution is 2.16. The topological polar surface area (TPSA) is 77.6 Å². The number of aromatic nitrogens is 5. The number of hydrogen-bond donors (Lipinski definition) is 1. The molecule has 2 heterocycles. The lowest BCUT2D eigenvalue weighted by atomic mass is 10.1. The molecule has 1 amide bonds. The molecular formula is C20H26N6O. The third-order valence-corrected chi connectivity index (χ3v) is 4.50. The molecule has 0 bridgehead atoms. The number of hydrogen-bond acceptors (Lipinski definition) is 4. The standard InChI is InChI=1S/C20H26N6O/c1-13-9-14(2)11-18(10-13)26-17(5)19(22-24-26)20(27)21-7-6-8-25-16(4)12-15(3)23-25/h9-12H,6-8H2,1-5H3,(H,21,27). The Bertz CT molecular complexity index is 949. The summed E-state index contributed by atoms with van der Waals surface area (Å²) in [5, 5.41) is 15.6. The third kappa shape index (κ3) is 4.24. The Hall–Kier alpha value is -2.96. The van der Waals surface area contributed by atoms with E-state index in [1.54, 1.807) is 4.68 Å². The van der Waals surface area contributed by atoms with Gasteiger partial charge in [-0.2, -0.15) is 5.10 Å². The van der Waals surface area contributed by atoms with Crippen LogP contribution in [-0.2, 0) is 6.54 Å². The lowest BCUT2D eigenvalue weighted by Crippen LogP contribution is -2.26. The molecule has 3 rings (SSSR count). The van der Waals surface area contributed by atoms with Crippen LogP contribution in [0.4, 0.5) is 0 Å². The number of nitrogens with zero attached hydrogens (tertiary/aromatic N) is 5. The van der Waals surface area contributed by atoms with E-state index < -0.39 is 0 Å². The average Bonchev–Trinajstić information content (AvgIpc) is 3.12. The van der Waals surface area contributed by atoms with Crippen molar-refractivity contribution in [3.05, 3.63) is 58.2 Å².